The molecule has 0 spiro atoms. The smallest absolute Gasteiger partial charge is 0.491 e. The van der Waals surface area contributed by atoms with E-state index in [9.17, 15) is 13.2 Å². The van der Waals surface area contributed by atoms with Crippen LogP contribution in [-0.4, -0.2) is 45.6 Å². The van der Waals surface area contributed by atoms with Crippen molar-refractivity contribution >= 4 is 66.0 Å². The van der Waals surface area contributed by atoms with E-state index in [1.54, 1.807) is 77.0 Å². The summed E-state index contributed by atoms with van der Waals surface area (Å²) in [6.07, 6.45) is 0. The van der Waals surface area contributed by atoms with Gasteiger partial charge in [0.2, 0.25) is 0 Å². The van der Waals surface area contributed by atoms with Crippen molar-refractivity contribution < 1.29 is 42.2 Å². The standard InChI is InChI=1S/C24H18F2O2.C12H10Br2O2.C6H6BFO2/c1-27-21-13-11-16-15(23(21)17-7-3-5-9-19(17)25)12-14-22(28-2)24(16)18-8-4-6-10-20(18)26;1-15-9-5-3-8-7(11(9)13)4-6-10(16-2)12(8)14;8-6-4-2-1-3-5(6)7(9)10/h3-14H,1-2H3;3-6H,1-2H3;1-4,9-10H. The first-order valence-electron chi connectivity index (χ1n) is 16.3. The van der Waals surface area contributed by atoms with Crippen LogP contribution in [0, 0.1) is 17.5 Å². The zero-order valence-electron chi connectivity index (χ0n) is 29.5. The number of methoxy groups -OCH3 is 4. The molecule has 12 heteroatoms. The predicted molar refractivity (Wildman–Crippen MR) is 217 cm³/mol. The monoisotopic (exact) mass is 860 g/mol. The highest BCUT2D eigenvalue weighted by molar-refractivity contribution is 9.11. The van der Waals surface area contributed by atoms with Crippen LogP contribution in [-0.2, 0) is 0 Å². The van der Waals surface area contributed by atoms with Crippen LogP contribution in [0.2, 0.25) is 0 Å². The second-order valence-electron chi connectivity index (χ2n) is 11.5. The lowest BCUT2D eigenvalue weighted by molar-refractivity contribution is 0.411. The van der Waals surface area contributed by atoms with E-state index in [4.69, 9.17) is 29.0 Å². The van der Waals surface area contributed by atoms with Crippen molar-refractivity contribution in [2.45, 2.75) is 0 Å². The lowest BCUT2D eigenvalue weighted by atomic mass is 9.80. The first kappa shape index (κ1) is 40.2. The average molecular weight is 862 g/mol. The van der Waals surface area contributed by atoms with Gasteiger partial charge in [0.1, 0.15) is 40.4 Å². The third-order valence-electron chi connectivity index (χ3n) is 8.47. The van der Waals surface area contributed by atoms with Crippen molar-refractivity contribution in [1.82, 2.24) is 0 Å². The topological polar surface area (TPSA) is 77.4 Å². The Morgan fingerprint density at radius 3 is 1.09 bits per heavy atom. The van der Waals surface area contributed by atoms with Gasteiger partial charge in [-0.2, -0.15) is 0 Å². The van der Waals surface area contributed by atoms with Gasteiger partial charge < -0.3 is 29.0 Å². The molecule has 54 heavy (non-hydrogen) atoms. The molecule has 0 heterocycles. The third kappa shape index (κ3) is 8.52. The van der Waals surface area contributed by atoms with Crippen molar-refractivity contribution in [2.24, 2.45) is 0 Å². The molecule has 0 aliphatic rings. The molecule has 0 aliphatic heterocycles. The fraction of sp³-hybridized carbons (Fsp3) is 0.0952. The molecule has 7 aromatic rings. The summed E-state index contributed by atoms with van der Waals surface area (Å²) in [5, 5.41) is 20.7. The lowest BCUT2D eigenvalue weighted by Crippen LogP contribution is -2.32. The Hall–Kier alpha value is -5.01. The van der Waals surface area contributed by atoms with Crippen molar-refractivity contribution in [1.29, 1.82) is 0 Å². The molecule has 0 fully saturated rings. The van der Waals surface area contributed by atoms with Gasteiger partial charge in [0.15, 0.2) is 0 Å². The maximum Gasteiger partial charge on any atom is 0.491 e. The van der Waals surface area contributed by atoms with Gasteiger partial charge in [0.25, 0.3) is 0 Å². The number of fused-ring (bicyclic) bond motifs is 2. The third-order valence-corrected chi connectivity index (χ3v) is 10.1. The highest BCUT2D eigenvalue weighted by Gasteiger charge is 2.20. The molecule has 0 saturated carbocycles. The molecule has 7 rings (SSSR count). The van der Waals surface area contributed by atoms with Crippen LogP contribution in [0.15, 0.2) is 130 Å². The van der Waals surface area contributed by atoms with Crippen molar-refractivity contribution in [3.05, 3.63) is 148 Å². The summed E-state index contributed by atoms with van der Waals surface area (Å²) >= 11 is 7.07. The molecule has 0 radical (unpaired) electrons. The molecule has 7 aromatic carbocycles. The zero-order chi connectivity index (χ0) is 38.9. The number of halogens is 5. The summed E-state index contributed by atoms with van der Waals surface area (Å²) in [5.74, 6) is 1.43. The van der Waals surface area contributed by atoms with Crippen LogP contribution in [0.5, 0.6) is 23.0 Å². The van der Waals surface area contributed by atoms with Crippen LogP contribution in [0.3, 0.4) is 0 Å². The maximum atomic E-state index is 14.6. The number of hydrogen-bond acceptors (Lipinski definition) is 6. The van der Waals surface area contributed by atoms with Crippen LogP contribution >= 0.6 is 31.9 Å². The molecular weight excluding hydrogens is 828 g/mol. The van der Waals surface area contributed by atoms with E-state index in [0.717, 1.165) is 42.0 Å². The van der Waals surface area contributed by atoms with Gasteiger partial charge in [-0.25, -0.2) is 13.2 Å². The SMILES string of the molecule is COc1ccc2c(-c3ccccc3F)c(OC)ccc2c1-c1ccccc1F.COc1ccc2c(Br)c(OC)ccc2c1Br.OB(O)c1ccccc1F. The van der Waals surface area contributed by atoms with Gasteiger partial charge in [-0.3, -0.25) is 0 Å². The van der Waals surface area contributed by atoms with Gasteiger partial charge in [0, 0.05) is 38.5 Å². The van der Waals surface area contributed by atoms with Gasteiger partial charge in [-0.1, -0.05) is 54.6 Å². The van der Waals surface area contributed by atoms with Crippen molar-refractivity contribution in [2.75, 3.05) is 28.4 Å². The molecule has 2 N–H and O–H groups in total. The van der Waals surface area contributed by atoms with E-state index in [0.29, 0.717) is 33.8 Å². The van der Waals surface area contributed by atoms with Crippen LogP contribution < -0.4 is 24.4 Å². The van der Waals surface area contributed by atoms with E-state index in [1.807, 2.05) is 36.4 Å². The minimum atomic E-state index is -1.72. The molecule has 6 nitrogen and oxygen atoms in total. The first-order valence-corrected chi connectivity index (χ1v) is 17.9. The predicted octanol–water partition coefficient (Wildman–Crippen LogP) is 10.4. The molecule has 0 amide bonds. The Morgan fingerprint density at radius 2 is 0.759 bits per heavy atom. The fourth-order valence-corrected chi connectivity index (χ4v) is 7.16. The summed E-state index contributed by atoms with van der Waals surface area (Å²) in [4.78, 5) is 0. The minimum absolute atomic E-state index is 0.0949. The fourth-order valence-electron chi connectivity index (χ4n) is 5.88. The molecule has 0 bridgehead atoms. The molecule has 0 saturated heterocycles. The van der Waals surface area contributed by atoms with E-state index in [2.05, 4.69) is 31.9 Å². The molecule has 276 valence electrons. The lowest BCUT2D eigenvalue weighted by Gasteiger charge is -2.18. The highest BCUT2D eigenvalue weighted by Crippen LogP contribution is 2.45. The number of ether oxygens (including phenoxy) is 4. The Bertz CT molecular complexity index is 2270. The Morgan fingerprint density at radius 1 is 0.426 bits per heavy atom. The van der Waals surface area contributed by atoms with E-state index in [1.165, 1.54) is 36.4 Å². The van der Waals surface area contributed by atoms with Gasteiger partial charge in [-0.05, 0) is 109 Å². The Labute approximate surface area is 328 Å². The minimum Gasteiger partial charge on any atom is -0.496 e. The molecular formula is C42H34BBr2F3O6. The van der Waals surface area contributed by atoms with Gasteiger partial charge in [-0.15, -0.1) is 0 Å². The average Bonchev–Trinajstić information content (AvgIpc) is 3.18. The van der Waals surface area contributed by atoms with Gasteiger partial charge in [0.05, 0.1) is 37.4 Å². The first-order chi connectivity index (χ1) is 26.1. The zero-order valence-corrected chi connectivity index (χ0v) is 32.7. The molecule has 0 atom stereocenters. The second kappa shape index (κ2) is 18.4. The normalized spacial score (nSPS) is 10.5. The van der Waals surface area contributed by atoms with E-state index in [-0.39, 0.29) is 17.1 Å². The van der Waals surface area contributed by atoms with E-state index >= 15 is 0 Å². The quantitative estimate of drug-likeness (QED) is 0.156. The maximum absolute atomic E-state index is 14.6. The summed E-state index contributed by atoms with van der Waals surface area (Å²) in [6.45, 7) is 0. The molecule has 0 unspecified atom stereocenters. The molecule has 0 aliphatic carbocycles. The van der Waals surface area contributed by atoms with Crippen LogP contribution in [0.1, 0.15) is 0 Å². The summed E-state index contributed by atoms with van der Waals surface area (Å²) in [5.41, 5.74) is 2.00. The van der Waals surface area contributed by atoms with Crippen LogP contribution in [0.25, 0.3) is 43.8 Å². The Kier molecular flexibility index (Phi) is 13.7. The molecule has 0 aromatic heterocycles. The summed E-state index contributed by atoms with van der Waals surface area (Å²) < 4.78 is 65.2. The van der Waals surface area contributed by atoms with Crippen molar-refractivity contribution in [3.63, 3.8) is 0 Å². The summed E-state index contributed by atoms with van der Waals surface area (Å²) in [6, 6.07) is 33.7. The van der Waals surface area contributed by atoms with E-state index < -0.39 is 12.9 Å². The number of benzene rings is 7. The number of hydrogen-bond donors (Lipinski definition) is 2. The second-order valence-corrected chi connectivity index (χ2v) is 13.1. The van der Waals surface area contributed by atoms with Crippen molar-refractivity contribution in [3.8, 4) is 45.3 Å². The van der Waals surface area contributed by atoms with Crippen LogP contribution in [0.4, 0.5) is 13.2 Å². The van der Waals surface area contributed by atoms with Gasteiger partial charge >= 0.3 is 7.12 Å². The highest BCUT2D eigenvalue weighted by atomic mass is 79.9. The largest absolute Gasteiger partial charge is 0.496 e. The Balaban J connectivity index is 0.000000180. The summed E-state index contributed by atoms with van der Waals surface area (Å²) in [7, 11) is 4.69. The number of rotatable bonds is 7.